The highest BCUT2D eigenvalue weighted by Gasteiger charge is 2.25. The first-order valence-electron chi connectivity index (χ1n) is 6.44. The lowest BCUT2D eigenvalue weighted by molar-refractivity contribution is -0.140. The van der Waals surface area contributed by atoms with Gasteiger partial charge >= 0.3 is 18.0 Å². The van der Waals surface area contributed by atoms with Crippen molar-refractivity contribution in [3.8, 4) is 0 Å². The molecule has 0 atom stereocenters. The van der Waals surface area contributed by atoms with Gasteiger partial charge in [0, 0.05) is 11.3 Å². The summed E-state index contributed by atoms with van der Waals surface area (Å²) >= 11 is 1.81. The Bertz CT molecular complexity index is 353. The maximum absolute atomic E-state index is 11.9. The summed E-state index contributed by atoms with van der Waals surface area (Å²) in [5.74, 6) is -2.46. The maximum atomic E-state index is 11.9. The third kappa shape index (κ3) is 5.68. The zero-order valence-corrected chi connectivity index (χ0v) is 12.2. The normalized spacial score (nSPS) is 22.1. The van der Waals surface area contributed by atoms with Gasteiger partial charge in [-0.3, -0.25) is 9.59 Å². The van der Waals surface area contributed by atoms with Crippen molar-refractivity contribution in [2.45, 2.75) is 37.0 Å². The van der Waals surface area contributed by atoms with E-state index >= 15 is 0 Å². The van der Waals surface area contributed by atoms with Crippen LogP contribution in [0.1, 0.15) is 25.7 Å². The molecule has 8 heteroatoms. The Labute approximate surface area is 121 Å². The Morgan fingerprint density at radius 2 is 1.60 bits per heavy atom. The van der Waals surface area contributed by atoms with Crippen molar-refractivity contribution in [1.82, 2.24) is 10.2 Å². The number of nitrogens with one attached hydrogen (secondary N) is 1. The first kappa shape index (κ1) is 16.6. The zero-order chi connectivity index (χ0) is 15.1. The highest BCUT2D eigenvalue weighted by molar-refractivity contribution is 7.99. The van der Waals surface area contributed by atoms with Gasteiger partial charge in [0.05, 0.1) is 0 Å². The Balaban J connectivity index is 2.49. The second kappa shape index (κ2) is 7.98. The molecule has 0 heterocycles. The van der Waals surface area contributed by atoms with Crippen LogP contribution in [0, 0.1) is 0 Å². The molecule has 1 fully saturated rings. The van der Waals surface area contributed by atoms with E-state index in [2.05, 4.69) is 11.6 Å². The quantitative estimate of drug-likeness (QED) is 0.671. The summed E-state index contributed by atoms with van der Waals surface area (Å²) < 4.78 is 0. The van der Waals surface area contributed by atoms with E-state index in [-0.39, 0.29) is 6.04 Å². The number of thioether (sulfide) groups is 1. The Morgan fingerprint density at radius 1 is 1.10 bits per heavy atom. The highest BCUT2D eigenvalue weighted by Crippen LogP contribution is 2.26. The van der Waals surface area contributed by atoms with Crippen LogP contribution in [0.5, 0.6) is 0 Å². The lowest BCUT2D eigenvalue weighted by Gasteiger charge is -2.30. The van der Waals surface area contributed by atoms with E-state index in [9.17, 15) is 14.4 Å². The minimum atomic E-state index is -1.23. The number of carboxylic acid groups (broad SMARTS) is 2. The molecule has 1 aliphatic carbocycles. The number of amides is 2. The number of rotatable bonds is 6. The number of aliphatic carboxylic acids is 2. The summed E-state index contributed by atoms with van der Waals surface area (Å²) in [6, 6.07) is -0.626. The van der Waals surface area contributed by atoms with Crippen molar-refractivity contribution >= 4 is 29.7 Å². The molecule has 0 saturated heterocycles. The molecule has 0 unspecified atom stereocenters. The van der Waals surface area contributed by atoms with Crippen molar-refractivity contribution in [1.29, 1.82) is 0 Å². The molecule has 114 valence electrons. The predicted molar refractivity (Wildman–Crippen MR) is 74.9 cm³/mol. The van der Waals surface area contributed by atoms with Crippen LogP contribution in [0.15, 0.2) is 0 Å². The van der Waals surface area contributed by atoms with Crippen LogP contribution in [0.4, 0.5) is 4.79 Å². The van der Waals surface area contributed by atoms with Crippen LogP contribution in [0.2, 0.25) is 0 Å². The van der Waals surface area contributed by atoms with Crippen LogP contribution in [0.3, 0.4) is 0 Å². The fraction of sp³-hybridized carbons (Fsp3) is 0.750. The zero-order valence-electron chi connectivity index (χ0n) is 11.4. The minimum absolute atomic E-state index is 0.00371. The summed E-state index contributed by atoms with van der Waals surface area (Å²) in [6.07, 6.45) is 5.75. The summed E-state index contributed by atoms with van der Waals surface area (Å²) in [4.78, 5) is 34.0. The van der Waals surface area contributed by atoms with E-state index < -0.39 is 31.1 Å². The second-order valence-corrected chi connectivity index (χ2v) is 5.94. The number of nitrogens with zero attached hydrogens (tertiary/aromatic N) is 1. The second-order valence-electron chi connectivity index (χ2n) is 4.80. The van der Waals surface area contributed by atoms with Crippen LogP contribution in [-0.4, -0.2) is 63.7 Å². The number of hydrogen-bond donors (Lipinski definition) is 3. The van der Waals surface area contributed by atoms with Gasteiger partial charge in [0.25, 0.3) is 0 Å². The van der Waals surface area contributed by atoms with Gasteiger partial charge in [0.15, 0.2) is 0 Å². The standard InChI is InChI=1S/C12H20N2O5S/c1-20-9-4-2-8(3-5-9)13-12(19)14(6-10(15)16)7-11(17)18/h8-9H,2-7H2,1H3,(H,13,19)(H,15,16)(H,17,18). The van der Waals surface area contributed by atoms with E-state index in [1.165, 1.54) is 0 Å². The van der Waals surface area contributed by atoms with Crippen molar-refractivity contribution in [3.05, 3.63) is 0 Å². The summed E-state index contributed by atoms with van der Waals surface area (Å²) in [5.41, 5.74) is 0. The first-order chi connectivity index (χ1) is 9.42. The fourth-order valence-corrected chi connectivity index (χ4v) is 2.98. The van der Waals surface area contributed by atoms with Gasteiger partial charge in [0.1, 0.15) is 13.1 Å². The smallest absolute Gasteiger partial charge is 0.323 e. The van der Waals surface area contributed by atoms with E-state index in [4.69, 9.17) is 10.2 Å². The van der Waals surface area contributed by atoms with Crippen LogP contribution < -0.4 is 5.32 Å². The Kier molecular flexibility index (Phi) is 6.63. The molecule has 7 nitrogen and oxygen atoms in total. The number of carbonyl (C=O) groups excluding carboxylic acids is 1. The monoisotopic (exact) mass is 304 g/mol. The van der Waals surface area contributed by atoms with E-state index in [0.717, 1.165) is 30.6 Å². The molecule has 2 amide bonds. The lowest BCUT2D eigenvalue weighted by Crippen LogP contribution is -2.49. The number of urea groups is 1. The molecule has 1 rings (SSSR count). The average Bonchev–Trinajstić information content (AvgIpc) is 2.37. The van der Waals surface area contributed by atoms with Crippen LogP contribution in [0.25, 0.3) is 0 Å². The van der Waals surface area contributed by atoms with E-state index in [1.54, 1.807) is 0 Å². The van der Waals surface area contributed by atoms with E-state index in [1.807, 2.05) is 11.8 Å². The summed E-state index contributed by atoms with van der Waals surface area (Å²) in [5, 5.41) is 20.7. The van der Waals surface area contributed by atoms with Gasteiger partial charge in [-0.25, -0.2) is 4.79 Å². The maximum Gasteiger partial charge on any atom is 0.323 e. The topological polar surface area (TPSA) is 107 Å². The summed E-state index contributed by atoms with van der Waals surface area (Å²) in [6.45, 7) is -1.23. The summed E-state index contributed by atoms with van der Waals surface area (Å²) in [7, 11) is 0. The van der Waals surface area contributed by atoms with Gasteiger partial charge in [0.2, 0.25) is 0 Å². The molecule has 1 saturated carbocycles. The Hall–Kier alpha value is -1.44. The number of carboxylic acids is 2. The van der Waals surface area contributed by atoms with Crippen molar-refractivity contribution in [2.24, 2.45) is 0 Å². The fourth-order valence-electron chi connectivity index (χ4n) is 2.23. The molecule has 0 spiro atoms. The molecular formula is C12H20N2O5S. The molecule has 0 aromatic heterocycles. The molecule has 0 radical (unpaired) electrons. The molecule has 1 aliphatic rings. The first-order valence-corrected chi connectivity index (χ1v) is 7.73. The molecule has 0 aliphatic heterocycles. The molecule has 3 N–H and O–H groups in total. The average molecular weight is 304 g/mol. The minimum Gasteiger partial charge on any atom is -0.480 e. The van der Waals surface area contributed by atoms with E-state index in [0.29, 0.717) is 5.25 Å². The third-order valence-electron chi connectivity index (χ3n) is 3.27. The van der Waals surface area contributed by atoms with Crippen molar-refractivity contribution < 1.29 is 24.6 Å². The van der Waals surface area contributed by atoms with Crippen LogP contribution >= 0.6 is 11.8 Å². The Morgan fingerprint density at radius 3 is 2.00 bits per heavy atom. The third-order valence-corrected chi connectivity index (χ3v) is 4.41. The molecule has 0 bridgehead atoms. The predicted octanol–water partition coefficient (Wildman–Crippen LogP) is 0.841. The molecule has 20 heavy (non-hydrogen) atoms. The van der Waals surface area contributed by atoms with Gasteiger partial charge < -0.3 is 20.4 Å². The molecular weight excluding hydrogens is 284 g/mol. The molecule has 0 aromatic rings. The van der Waals surface area contributed by atoms with Crippen molar-refractivity contribution in [3.63, 3.8) is 0 Å². The van der Waals surface area contributed by atoms with Gasteiger partial charge in [-0.1, -0.05) is 0 Å². The number of carbonyl (C=O) groups is 3. The highest BCUT2D eigenvalue weighted by atomic mass is 32.2. The van der Waals surface area contributed by atoms with Crippen molar-refractivity contribution in [2.75, 3.05) is 19.3 Å². The lowest BCUT2D eigenvalue weighted by atomic mass is 9.95. The van der Waals surface area contributed by atoms with Gasteiger partial charge in [-0.05, 0) is 31.9 Å². The van der Waals surface area contributed by atoms with Gasteiger partial charge in [-0.15, -0.1) is 0 Å². The SMILES string of the molecule is CSC1CCC(NC(=O)N(CC(=O)O)CC(=O)O)CC1. The molecule has 0 aromatic carbocycles. The number of hydrogen-bond acceptors (Lipinski definition) is 4. The van der Waals surface area contributed by atoms with Crippen LogP contribution in [-0.2, 0) is 9.59 Å². The largest absolute Gasteiger partial charge is 0.480 e. The van der Waals surface area contributed by atoms with Gasteiger partial charge in [-0.2, -0.15) is 11.8 Å².